The molecule has 0 aliphatic rings. The van der Waals surface area contributed by atoms with Crippen LogP contribution in [-0.2, 0) is 0 Å². The van der Waals surface area contributed by atoms with Gasteiger partial charge in [0, 0.05) is 0 Å². The molecule has 1 heterocycles. The highest BCUT2D eigenvalue weighted by atomic mass is 15.2. The van der Waals surface area contributed by atoms with E-state index in [9.17, 15) is 0 Å². The van der Waals surface area contributed by atoms with Crippen molar-refractivity contribution in [1.29, 1.82) is 0 Å². The van der Waals surface area contributed by atoms with E-state index in [0.29, 0.717) is 0 Å². The Balaban J connectivity index is 0.000000308. The summed E-state index contributed by atoms with van der Waals surface area (Å²) in [6.45, 7) is 10.4. The molecule has 0 spiro atoms. The Kier molecular flexibility index (Phi) is 9.13. The maximum atomic E-state index is 5.14. The van der Waals surface area contributed by atoms with Gasteiger partial charge in [-0.1, -0.05) is 68.3 Å². The zero-order valence-corrected chi connectivity index (χ0v) is 11.8. The summed E-state index contributed by atoms with van der Waals surface area (Å²) in [4.78, 5) is 10.5. The lowest BCUT2D eigenvalue weighted by Crippen LogP contribution is -2.05. The zero-order valence-electron chi connectivity index (χ0n) is 11.8. The molecule has 1 aromatic carbocycles. The average Bonchev–Trinajstić information content (AvgIpc) is 2.47. The molecule has 0 aliphatic heterocycles. The number of nitrogens with two attached hydrogens (primary N) is 3. The molecule has 0 fully saturated rings. The summed E-state index contributed by atoms with van der Waals surface area (Å²) in [6.07, 6.45) is 5.11. The number of aromatic nitrogens is 3. The molecule has 2 aromatic rings. The summed E-state index contributed by atoms with van der Waals surface area (Å²) in [7, 11) is 0. The largest absolute Gasteiger partial charge is 0.368 e. The molecule has 0 saturated carbocycles. The minimum atomic E-state index is 0.0417. The fourth-order valence-electron chi connectivity index (χ4n) is 1.02. The van der Waals surface area contributed by atoms with Crippen molar-refractivity contribution in [2.45, 2.75) is 0 Å². The van der Waals surface area contributed by atoms with Crippen LogP contribution in [-0.4, -0.2) is 15.0 Å². The molecule has 0 unspecified atom stereocenters. The standard InChI is InChI=1S/C8H8.C4H6.C3H6N6/c1-2-8-6-4-3-5-7-8;1-3-4-2;4-1-7-2(5)9-3(6)8-1/h2-7H,1H2;3-4H,1-2H2;(H6,4,5,6,7,8,9). The van der Waals surface area contributed by atoms with Gasteiger partial charge >= 0.3 is 0 Å². The second-order valence-corrected chi connectivity index (χ2v) is 3.50. The van der Waals surface area contributed by atoms with Crippen molar-refractivity contribution in [3.05, 3.63) is 67.8 Å². The first-order valence-electron chi connectivity index (χ1n) is 5.97. The van der Waals surface area contributed by atoms with Crippen molar-refractivity contribution in [1.82, 2.24) is 15.0 Å². The number of hydrogen-bond acceptors (Lipinski definition) is 6. The molecule has 110 valence electrons. The van der Waals surface area contributed by atoms with Crippen LogP contribution in [0.1, 0.15) is 5.56 Å². The first-order chi connectivity index (χ1) is 10.0. The first kappa shape index (κ1) is 17.8. The second-order valence-electron chi connectivity index (χ2n) is 3.50. The van der Waals surface area contributed by atoms with Gasteiger partial charge in [0.1, 0.15) is 0 Å². The first-order valence-corrected chi connectivity index (χ1v) is 5.97. The van der Waals surface area contributed by atoms with Gasteiger partial charge in [0.05, 0.1) is 0 Å². The SMILES string of the molecule is C=CC=C.C=Cc1ccccc1.Nc1nc(N)nc(N)n1. The molecule has 2 rings (SSSR count). The zero-order chi connectivity index (χ0) is 16.1. The number of nitrogen functional groups attached to an aromatic ring is 3. The summed E-state index contributed by atoms with van der Waals surface area (Å²) >= 11 is 0. The van der Waals surface area contributed by atoms with Crippen LogP contribution in [0.25, 0.3) is 6.08 Å². The van der Waals surface area contributed by atoms with E-state index in [-0.39, 0.29) is 17.8 Å². The molecule has 0 amide bonds. The number of nitrogens with zero attached hydrogens (tertiary/aromatic N) is 3. The van der Waals surface area contributed by atoms with E-state index in [0.717, 1.165) is 0 Å². The smallest absolute Gasteiger partial charge is 0.226 e. The number of rotatable bonds is 2. The van der Waals surface area contributed by atoms with Crippen LogP contribution in [0, 0.1) is 0 Å². The Morgan fingerprint density at radius 1 is 0.714 bits per heavy atom. The van der Waals surface area contributed by atoms with E-state index in [4.69, 9.17) is 17.2 Å². The van der Waals surface area contributed by atoms with Crippen molar-refractivity contribution in [3.63, 3.8) is 0 Å². The topological polar surface area (TPSA) is 117 Å². The predicted molar refractivity (Wildman–Crippen MR) is 90.0 cm³/mol. The summed E-state index contributed by atoms with van der Waals surface area (Å²) in [5.74, 6) is 0.125. The van der Waals surface area contributed by atoms with E-state index in [1.54, 1.807) is 12.2 Å². The van der Waals surface area contributed by atoms with E-state index in [1.807, 2.05) is 36.4 Å². The Morgan fingerprint density at radius 2 is 1.10 bits per heavy atom. The highest BCUT2D eigenvalue weighted by molar-refractivity contribution is 5.45. The van der Waals surface area contributed by atoms with Crippen LogP contribution in [0.3, 0.4) is 0 Å². The van der Waals surface area contributed by atoms with Crippen LogP contribution >= 0.6 is 0 Å². The van der Waals surface area contributed by atoms with E-state index >= 15 is 0 Å². The highest BCUT2D eigenvalue weighted by Gasteiger charge is 1.93. The van der Waals surface area contributed by atoms with Gasteiger partial charge in [0.15, 0.2) is 0 Å². The maximum Gasteiger partial charge on any atom is 0.226 e. The van der Waals surface area contributed by atoms with E-state index in [2.05, 4.69) is 34.7 Å². The highest BCUT2D eigenvalue weighted by Crippen LogP contribution is 1.98. The summed E-state index contributed by atoms with van der Waals surface area (Å²) in [6, 6.07) is 10.0. The van der Waals surface area contributed by atoms with Gasteiger partial charge in [-0.05, 0) is 5.56 Å². The van der Waals surface area contributed by atoms with Crippen LogP contribution < -0.4 is 17.2 Å². The molecular weight excluding hydrogens is 264 g/mol. The van der Waals surface area contributed by atoms with Gasteiger partial charge in [0.2, 0.25) is 17.8 Å². The third kappa shape index (κ3) is 9.43. The third-order valence-corrected chi connectivity index (χ3v) is 1.89. The maximum absolute atomic E-state index is 5.14. The van der Waals surface area contributed by atoms with Crippen molar-refractivity contribution < 1.29 is 0 Å². The molecule has 6 nitrogen and oxygen atoms in total. The lowest BCUT2D eigenvalue weighted by molar-refractivity contribution is 1.09. The number of hydrogen-bond donors (Lipinski definition) is 3. The van der Waals surface area contributed by atoms with Gasteiger partial charge < -0.3 is 17.2 Å². The number of anilines is 3. The van der Waals surface area contributed by atoms with Crippen molar-refractivity contribution in [2.75, 3.05) is 17.2 Å². The van der Waals surface area contributed by atoms with E-state index < -0.39 is 0 Å². The summed E-state index contributed by atoms with van der Waals surface area (Å²) in [5.41, 5.74) is 16.6. The third-order valence-electron chi connectivity index (χ3n) is 1.89. The molecule has 0 bridgehead atoms. The van der Waals surface area contributed by atoms with Gasteiger partial charge in [-0.15, -0.1) is 0 Å². The van der Waals surface area contributed by atoms with Gasteiger partial charge in [0.25, 0.3) is 0 Å². The number of allylic oxidation sites excluding steroid dienone is 2. The molecule has 6 N–H and O–H groups in total. The van der Waals surface area contributed by atoms with Crippen LogP contribution in [0.5, 0.6) is 0 Å². The predicted octanol–water partition coefficient (Wildman–Crippen LogP) is 2.31. The van der Waals surface area contributed by atoms with Crippen molar-refractivity contribution >= 4 is 23.9 Å². The molecular formula is C15H20N6. The normalized spacial score (nSPS) is 8.19. The van der Waals surface area contributed by atoms with Gasteiger partial charge in [-0.25, -0.2) is 0 Å². The van der Waals surface area contributed by atoms with Crippen molar-refractivity contribution in [2.24, 2.45) is 0 Å². The fourth-order valence-corrected chi connectivity index (χ4v) is 1.02. The lowest BCUT2D eigenvalue weighted by Gasteiger charge is -1.93. The Bertz CT molecular complexity index is 509. The van der Waals surface area contributed by atoms with E-state index in [1.165, 1.54) is 5.56 Å². The Hall–Kier alpha value is -3.15. The Morgan fingerprint density at radius 3 is 1.33 bits per heavy atom. The molecule has 0 radical (unpaired) electrons. The van der Waals surface area contributed by atoms with Gasteiger partial charge in [-0.3, -0.25) is 0 Å². The molecule has 0 atom stereocenters. The summed E-state index contributed by atoms with van der Waals surface area (Å²) in [5, 5.41) is 0. The number of benzene rings is 1. The minimum absolute atomic E-state index is 0.0417. The second kappa shape index (κ2) is 10.7. The molecule has 1 aromatic heterocycles. The van der Waals surface area contributed by atoms with Crippen LogP contribution in [0.2, 0.25) is 0 Å². The monoisotopic (exact) mass is 284 g/mol. The minimum Gasteiger partial charge on any atom is -0.368 e. The van der Waals surface area contributed by atoms with Crippen LogP contribution in [0.4, 0.5) is 17.8 Å². The molecule has 21 heavy (non-hydrogen) atoms. The Labute approximate surface area is 124 Å². The van der Waals surface area contributed by atoms with Gasteiger partial charge in [-0.2, -0.15) is 15.0 Å². The quantitative estimate of drug-likeness (QED) is 0.728. The lowest BCUT2D eigenvalue weighted by atomic mass is 10.2. The molecule has 6 heteroatoms. The fraction of sp³-hybridized carbons (Fsp3) is 0. The molecule has 0 aliphatic carbocycles. The summed E-state index contributed by atoms with van der Waals surface area (Å²) < 4.78 is 0. The van der Waals surface area contributed by atoms with Crippen LogP contribution in [0.15, 0.2) is 62.2 Å². The average molecular weight is 284 g/mol. The van der Waals surface area contributed by atoms with Crippen molar-refractivity contribution in [3.8, 4) is 0 Å². The molecule has 0 saturated heterocycles.